The normalized spacial score (nSPS) is 31.0. The van der Waals surface area contributed by atoms with Crippen LogP contribution in [0.15, 0.2) is 43.0 Å². The van der Waals surface area contributed by atoms with Crippen molar-refractivity contribution in [2.45, 2.75) is 37.6 Å². The second-order valence-electron chi connectivity index (χ2n) is 6.73. The third-order valence-electron chi connectivity index (χ3n) is 5.54. The summed E-state index contributed by atoms with van der Waals surface area (Å²) in [6, 6.07) is 10.2. The summed E-state index contributed by atoms with van der Waals surface area (Å²) in [4.78, 5) is 12.4. The summed E-state index contributed by atoms with van der Waals surface area (Å²) in [6.45, 7) is 4.06. The van der Waals surface area contributed by atoms with Gasteiger partial charge in [0.15, 0.2) is 0 Å². The van der Waals surface area contributed by atoms with Crippen molar-refractivity contribution in [2.75, 3.05) is 6.61 Å². The number of rotatable bonds is 6. The number of hydrogen-bond donors (Lipinski definition) is 2. The average molecular weight is 299 g/mol. The minimum absolute atomic E-state index is 0.0485. The summed E-state index contributed by atoms with van der Waals surface area (Å²) < 4.78 is 0. The highest BCUT2D eigenvalue weighted by molar-refractivity contribution is 5.77. The van der Waals surface area contributed by atoms with Crippen molar-refractivity contribution in [1.29, 1.82) is 0 Å². The molecule has 3 rings (SSSR count). The van der Waals surface area contributed by atoms with Crippen LogP contribution < -0.4 is 5.32 Å². The molecule has 1 aromatic carbocycles. The van der Waals surface area contributed by atoms with E-state index in [0.29, 0.717) is 18.3 Å². The van der Waals surface area contributed by atoms with Gasteiger partial charge in [-0.05, 0) is 36.7 Å². The van der Waals surface area contributed by atoms with E-state index >= 15 is 0 Å². The van der Waals surface area contributed by atoms with Crippen molar-refractivity contribution in [1.82, 2.24) is 5.32 Å². The summed E-state index contributed by atoms with van der Waals surface area (Å²) >= 11 is 0. The van der Waals surface area contributed by atoms with Crippen LogP contribution in [0.2, 0.25) is 0 Å². The molecule has 3 heteroatoms. The van der Waals surface area contributed by atoms with Crippen molar-refractivity contribution in [3.63, 3.8) is 0 Å². The van der Waals surface area contributed by atoms with E-state index in [-0.39, 0.29) is 30.4 Å². The Hall–Kier alpha value is -1.61. The van der Waals surface area contributed by atoms with Crippen LogP contribution in [-0.2, 0) is 4.79 Å². The van der Waals surface area contributed by atoms with Crippen molar-refractivity contribution < 1.29 is 9.90 Å². The van der Waals surface area contributed by atoms with Gasteiger partial charge in [-0.1, -0.05) is 36.4 Å². The first-order valence-electron chi connectivity index (χ1n) is 8.30. The number of carbonyl (C=O) groups excluding carboxylic acids is 1. The average Bonchev–Trinajstić information content (AvgIpc) is 3.14. The molecule has 3 nitrogen and oxygen atoms in total. The molecule has 5 unspecified atom stereocenters. The predicted molar refractivity (Wildman–Crippen MR) is 87.3 cm³/mol. The van der Waals surface area contributed by atoms with Gasteiger partial charge in [-0.25, -0.2) is 0 Å². The highest BCUT2D eigenvalue weighted by Crippen LogP contribution is 2.48. The molecule has 5 atom stereocenters. The van der Waals surface area contributed by atoms with Crippen LogP contribution in [0.25, 0.3) is 0 Å². The van der Waals surface area contributed by atoms with Crippen molar-refractivity contribution in [3.05, 3.63) is 48.6 Å². The van der Waals surface area contributed by atoms with Crippen molar-refractivity contribution in [2.24, 2.45) is 17.8 Å². The molecule has 0 radical (unpaired) electrons. The maximum Gasteiger partial charge on any atom is 0.221 e. The summed E-state index contributed by atoms with van der Waals surface area (Å²) in [5, 5.41) is 12.8. The summed E-state index contributed by atoms with van der Waals surface area (Å²) in [7, 11) is 0. The van der Waals surface area contributed by atoms with Gasteiger partial charge in [-0.15, -0.1) is 6.58 Å². The largest absolute Gasteiger partial charge is 0.396 e. The van der Waals surface area contributed by atoms with E-state index in [1.807, 2.05) is 36.4 Å². The van der Waals surface area contributed by atoms with E-state index in [0.717, 1.165) is 5.56 Å². The van der Waals surface area contributed by atoms with Gasteiger partial charge in [0.2, 0.25) is 5.91 Å². The SMILES string of the molecule is C=CC(CC(=O)NC1C2CCC(C2)C1CO)c1ccccc1. The lowest BCUT2D eigenvalue weighted by atomic mass is 9.84. The Morgan fingerprint density at radius 2 is 2.05 bits per heavy atom. The molecule has 2 aliphatic carbocycles. The molecular formula is C19H25NO2. The summed E-state index contributed by atoms with van der Waals surface area (Å²) in [6.07, 6.45) is 5.84. The zero-order valence-corrected chi connectivity index (χ0v) is 12.9. The maximum atomic E-state index is 12.4. The Morgan fingerprint density at radius 3 is 2.73 bits per heavy atom. The first-order chi connectivity index (χ1) is 10.7. The Kier molecular flexibility index (Phi) is 4.63. The van der Waals surface area contributed by atoms with Crippen LogP contribution in [0, 0.1) is 17.8 Å². The van der Waals surface area contributed by atoms with E-state index in [9.17, 15) is 9.90 Å². The first-order valence-corrected chi connectivity index (χ1v) is 8.30. The van der Waals surface area contributed by atoms with Gasteiger partial charge in [0.1, 0.15) is 0 Å². The van der Waals surface area contributed by atoms with Gasteiger partial charge in [0.05, 0.1) is 0 Å². The highest BCUT2D eigenvalue weighted by Gasteiger charge is 2.47. The molecular weight excluding hydrogens is 274 g/mol. The molecule has 2 fully saturated rings. The van der Waals surface area contributed by atoms with Crippen LogP contribution in [0.1, 0.15) is 37.2 Å². The number of nitrogens with one attached hydrogen (secondary N) is 1. The molecule has 2 N–H and O–H groups in total. The maximum absolute atomic E-state index is 12.4. The van der Waals surface area contributed by atoms with Crippen LogP contribution in [0.4, 0.5) is 0 Å². The van der Waals surface area contributed by atoms with Crippen LogP contribution in [-0.4, -0.2) is 23.7 Å². The molecule has 2 bridgehead atoms. The van der Waals surface area contributed by atoms with Gasteiger partial charge < -0.3 is 10.4 Å². The predicted octanol–water partition coefficient (Wildman–Crippen LogP) is 2.87. The molecule has 0 aromatic heterocycles. The zero-order chi connectivity index (χ0) is 15.5. The van der Waals surface area contributed by atoms with Gasteiger partial charge in [0, 0.05) is 30.9 Å². The van der Waals surface area contributed by atoms with Gasteiger partial charge >= 0.3 is 0 Å². The lowest BCUT2D eigenvalue weighted by Crippen LogP contribution is -2.45. The van der Waals surface area contributed by atoms with E-state index < -0.39 is 0 Å². The number of carbonyl (C=O) groups is 1. The lowest BCUT2D eigenvalue weighted by molar-refractivity contribution is -0.122. The molecule has 1 amide bonds. The zero-order valence-electron chi connectivity index (χ0n) is 12.9. The number of benzene rings is 1. The quantitative estimate of drug-likeness (QED) is 0.794. The third kappa shape index (κ3) is 2.95. The Bertz CT molecular complexity index is 527. The van der Waals surface area contributed by atoms with E-state index in [4.69, 9.17) is 0 Å². The van der Waals surface area contributed by atoms with Crippen molar-refractivity contribution >= 4 is 5.91 Å². The molecule has 1 aromatic rings. The molecule has 118 valence electrons. The smallest absolute Gasteiger partial charge is 0.221 e. The Labute approximate surface area is 132 Å². The number of amides is 1. The number of hydrogen-bond acceptors (Lipinski definition) is 2. The fourth-order valence-corrected chi connectivity index (χ4v) is 4.38. The molecule has 2 aliphatic rings. The second-order valence-corrected chi connectivity index (χ2v) is 6.73. The van der Waals surface area contributed by atoms with Gasteiger partial charge in [-0.3, -0.25) is 4.79 Å². The molecule has 0 heterocycles. The fourth-order valence-electron chi connectivity index (χ4n) is 4.38. The number of aliphatic hydroxyl groups is 1. The van der Waals surface area contributed by atoms with Gasteiger partial charge in [-0.2, -0.15) is 0 Å². The highest BCUT2D eigenvalue weighted by atomic mass is 16.3. The van der Waals surface area contributed by atoms with Crippen molar-refractivity contribution in [3.8, 4) is 0 Å². The third-order valence-corrected chi connectivity index (χ3v) is 5.54. The van der Waals surface area contributed by atoms with E-state index in [1.165, 1.54) is 19.3 Å². The molecule has 22 heavy (non-hydrogen) atoms. The Morgan fingerprint density at radius 1 is 1.32 bits per heavy atom. The van der Waals surface area contributed by atoms with Crippen LogP contribution in [0.3, 0.4) is 0 Å². The van der Waals surface area contributed by atoms with E-state index in [1.54, 1.807) is 0 Å². The van der Waals surface area contributed by atoms with Crippen LogP contribution in [0.5, 0.6) is 0 Å². The fraction of sp³-hybridized carbons (Fsp3) is 0.526. The first kappa shape index (κ1) is 15.3. The molecule has 0 saturated heterocycles. The minimum atomic E-state index is 0.0485. The molecule has 0 spiro atoms. The van der Waals surface area contributed by atoms with Gasteiger partial charge in [0.25, 0.3) is 0 Å². The summed E-state index contributed by atoms with van der Waals surface area (Å²) in [5.74, 6) is 1.54. The minimum Gasteiger partial charge on any atom is -0.396 e. The van der Waals surface area contributed by atoms with Crippen LogP contribution >= 0.6 is 0 Å². The lowest BCUT2D eigenvalue weighted by Gasteiger charge is -2.30. The standard InChI is InChI=1S/C19H25NO2/c1-2-13(14-6-4-3-5-7-14)11-18(22)20-19-16-9-8-15(10-16)17(19)12-21/h2-7,13,15-17,19,21H,1,8-12H2,(H,20,22). The second kappa shape index (κ2) is 6.66. The number of aliphatic hydroxyl groups excluding tert-OH is 1. The topological polar surface area (TPSA) is 49.3 Å². The number of fused-ring (bicyclic) bond motifs is 2. The molecule has 0 aliphatic heterocycles. The monoisotopic (exact) mass is 299 g/mol. The number of allylic oxidation sites excluding steroid dienone is 1. The molecule has 2 saturated carbocycles. The Balaban J connectivity index is 1.61. The summed E-state index contributed by atoms with van der Waals surface area (Å²) in [5.41, 5.74) is 1.12. The van der Waals surface area contributed by atoms with E-state index in [2.05, 4.69) is 11.9 Å².